The van der Waals surface area contributed by atoms with Gasteiger partial charge in [-0.25, -0.2) is 8.42 Å². The first-order valence-electron chi connectivity index (χ1n) is 8.62. The van der Waals surface area contributed by atoms with Crippen molar-refractivity contribution in [2.75, 3.05) is 26.5 Å². The van der Waals surface area contributed by atoms with E-state index in [0.717, 1.165) is 11.5 Å². The van der Waals surface area contributed by atoms with Crippen LogP contribution in [0.25, 0.3) is 0 Å². The molecule has 0 aliphatic carbocycles. The van der Waals surface area contributed by atoms with Crippen LogP contribution in [0.3, 0.4) is 0 Å². The third-order valence-corrected chi connectivity index (χ3v) is 4.87. The van der Waals surface area contributed by atoms with Gasteiger partial charge in [-0.05, 0) is 30.2 Å². The first kappa shape index (κ1) is 20.8. The molecular formula is C18H26N4O4S. The molecule has 148 valence electrons. The molecule has 0 unspecified atom stereocenters. The number of nitrogens with zero attached hydrogens (tertiary/aromatic N) is 2. The quantitative estimate of drug-likeness (QED) is 0.400. The molecule has 0 aliphatic rings. The number of hydrogen-bond acceptors (Lipinski definition) is 6. The summed E-state index contributed by atoms with van der Waals surface area (Å²) in [7, 11) is -1.52. The second-order valence-electron chi connectivity index (χ2n) is 6.32. The number of rotatable bonds is 8. The average molecular weight is 394 g/mol. The van der Waals surface area contributed by atoms with Crippen LogP contribution in [0, 0.1) is 0 Å². The fourth-order valence-corrected chi connectivity index (χ4v) is 2.83. The molecule has 0 spiro atoms. The average Bonchev–Trinajstić information content (AvgIpc) is 3.10. The van der Waals surface area contributed by atoms with Gasteiger partial charge in [0.15, 0.2) is 21.6 Å². The summed E-state index contributed by atoms with van der Waals surface area (Å²) in [5.41, 5.74) is 0.921. The van der Waals surface area contributed by atoms with Gasteiger partial charge in [0.2, 0.25) is 0 Å². The maximum absolute atomic E-state index is 11.4. The second kappa shape index (κ2) is 9.40. The summed E-state index contributed by atoms with van der Waals surface area (Å²) in [5, 5.41) is 10.3. The molecule has 0 amide bonds. The summed E-state index contributed by atoms with van der Waals surface area (Å²) in [5.74, 6) is 2.29. The number of ether oxygens (including phenoxy) is 1. The highest BCUT2D eigenvalue weighted by molar-refractivity contribution is 7.90. The SMILES string of the molecule is CN=C(NCCOc1ccc(S(C)(=O)=O)cc1)NCc1cc(C(C)C)no1. The minimum atomic E-state index is -3.20. The molecule has 9 heteroatoms. The zero-order chi connectivity index (χ0) is 19.9. The number of hydrogen-bond donors (Lipinski definition) is 2. The lowest BCUT2D eigenvalue weighted by Gasteiger charge is -2.11. The Bertz CT molecular complexity index is 858. The Morgan fingerprint density at radius 1 is 1.26 bits per heavy atom. The fourth-order valence-electron chi connectivity index (χ4n) is 2.20. The van der Waals surface area contributed by atoms with Gasteiger partial charge in [0.05, 0.1) is 23.7 Å². The predicted molar refractivity (Wildman–Crippen MR) is 104 cm³/mol. The lowest BCUT2D eigenvalue weighted by atomic mass is 10.1. The highest BCUT2D eigenvalue weighted by atomic mass is 32.2. The Morgan fingerprint density at radius 3 is 2.52 bits per heavy atom. The fraction of sp³-hybridized carbons (Fsp3) is 0.444. The Kier molecular flexibility index (Phi) is 7.23. The first-order chi connectivity index (χ1) is 12.8. The van der Waals surface area contributed by atoms with Crippen molar-refractivity contribution in [2.24, 2.45) is 4.99 Å². The summed E-state index contributed by atoms with van der Waals surface area (Å²) in [6.45, 7) is 5.53. The van der Waals surface area contributed by atoms with E-state index in [2.05, 4.69) is 34.6 Å². The smallest absolute Gasteiger partial charge is 0.191 e. The monoisotopic (exact) mass is 394 g/mol. The van der Waals surface area contributed by atoms with Gasteiger partial charge in [-0.3, -0.25) is 4.99 Å². The van der Waals surface area contributed by atoms with Gasteiger partial charge < -0.3 is 19.9 Å². The minimum absolute atomic E-state index is 0.269. The van der Waals surface area contributed by atoms with Crippen LogP contribution in [-0.4, -0.2) is 46.0 Å². The number of aromatic nitrogens is 1. The molecule has 0 fully saturated rings. The van der Waals surface area contributed by atoms with E-state index in [-0.39, 0.29) is 4.90 Å². The van der Waals surface area contributed by atoms with E-state index in [9.17, 15) is 8.42 Å². The third kappa shape index (κ3) is 6.59. The summed E-state index contributed by atoms with van der Waals surface area (Å²) >= 11 is 0. The van der Waals surface area contributed by atoms with Gasteiger partial charge in [-0.15, -0.1) is 0 Å². The lowest BCUT2D eigenvalue weighted by molar-refractivity contribution is 0.321. The molecule has 2 N–H and O–H groups in total. The van der Waals surface area contributed by atoms with Gasteiger partial charge in [-0.2, -0.15) is 0 Å². The van der Waals surface area contributed by atoms with Gasteiger partial charge in [0.25, 0.3) is 0 Å². The summed E-state index contributed by atoms with van der Waals surface area (Å²) in [4.78, 5) is 4.41. The van der Waals surface area contributed by atoms with Crippen LogP contribution >= 0.6 is 0 Å². The van der Waals surface area contributed by atoms with Crippen molar-refractivity contribution in [1.82, 2.24) is 15.8 Å². The summed E-state index contributed by atoms with van der Waals surface area (Å²) in [6.07, 6.45) is 1.17. The van der Waals surface area contributed by atoms with E-state index < -0.39 is 9.84 Å². The third-order valence-electron chi connectivity index (χ3n) is 3.74. The highest BCUT2D eigenvalue weighted by Crippen LogP contribution is 2.15. The van der Waals surface area contributed by atoms with E-state index in [1.165, 1.54) is 18.4 Å². The van der Waals surface area contributed by atoms with Crippen molar-refractivity contribution in [3.63, 3.8) is 0 Å². The largest absolute Gasteiger partial charge is 0.492 e. The molecule has 0 saturated carbocycles. The minimum Gasteiger partial charge on any atom is -0.492 e. The van der Waals surface area contributed by atoms with Crippen LogP contribution in [0.2, 0.25) is 0 Å². The molecule has 8 nitrogen and oxygen atoms in total. The molecule has 0 aliphatic heterocycles. The molecule has 27 heavy (non-hydrogen) atoms. The second-order valence-corrected chi connectivity index (χ2v) is 8.33. The van der Waals surface area contributed by atoms with Gasteiger partial charge in [0.1, 0.15) is 12.4 Å². The van der Waals surface area contributed by atoms with E-state index in [1.54, 1.807) is 19.2 Å². The summed E-state index contributed by atoms with van der Waals surface area (Å²) < 4.78 is 33.7. The van der Waals surface area contributed by atoms with Crippen LogP contribution < -0.4 is 15.4 Å². The molecule has 0 bridgehead atoms. The zero-order valence-corrected chi connectivity index (χ0v) is 16.8. The van der Waals surface area contributed by atoms with Crippen molar-refractivity contribution < 1.29 is 17.7 Å². The van der Waals surface area contributed by atoms with Crippen LogP contribution in [-0.2, 0) is 16.4 Å². The van der Waals surface area contributed by atoms with E-state index >= 15 is 0 Å². The van der Waals surface area contributed by atoms with Crippen molar-refractivity contribution >= 4 is 15.8 Å². The Labute approximate surface area is 159 Å². The Morgan fingerprint density at radius 2 is 1.96 bits per heavy atom. The van der Waals surface area contributed by atoms with Crippen LogP contribution in [0.4, 0.5) is 0 Å². The van der Waals surface area contributed by atoms with Crippen molar-refractivity contribution in [2.45, 2.75) is 31.2 Å². The summed E-state index contributed by atoms with van der Waals surface area (Å²) in [6, 6.07) is 8.26. The normalized spacial score (nSPS) is 12.3. The molecule has 2 aromatic rings. The molecule has 0 saturated heterocycles. The Balaban J connectivity index is 1.73. The van der Waals surface area contributed by atoms with Crippen molar-refractivity contribution in [3.05, 3.63) is 41.8 Å². The van der Waals surface area contributed by atoms with Gasteiger partial charge >= 0.3 is 0 Å². The standard InChI is InChI=1S/C18H26N4O4S/c1-13(2)17-11-15(26-22-17)12-21-18(19-3)20-9-10-25-14-5-7-16(8-6-14)27(4,23)24/h5-8,11,13H,9-10,12H2,1-4H3,(H2,19,20,21). The van der Waals surface area contributed by atoms with Crippen molar-refractivity contribution in [1.29, 1.82) is 0 Å². The van der Waals surface area contributed by atoms with E-state index in [0.29, 0.717) is 37.3 Å². The zero-order valence-electron chi connectivity index (χ0n) is 16.0. The molecule has 0 radical (unpaired) electrons. The van der Waals surface area contributed by atoms with Crippen molar-refractivity contribution in [3.8, 4) is 5.75 Å². The van der Waals surface area contributed by atoms with E-state index in [4.69, 9.17) is 9.26 Å². The number of aliphatic imine (C=N–C) groups is 1. The molecule has 0 atom stereocenters. The van der Waals surface area contributed by atoms with Crippen LogP contribution in [0.1, 0.15) is 31.2 Å². The molecule has 1 aromatic carbocycles. The molecule has 1 heterocycles. The number of sulfone groups is 1. The maximum Gasteiger partial charge on any atom is 0.191 e. The number of nitrogens with one attached hydrogen (secondary N) is 2. The molecular weight excluding hydrogens is 368 g/mol. The first-order valence-corrected chi connectivity index (χ1v) is 10.5. The maximum atomic E-state index is 11.4. The Hall–Kier alpha value is -2.55. The molecule has 1 aromatic heterocycles. The van der Waals surface area contributed by atoms with Gasteiger partial charge in [0, 0.05) is 19.4 Å². The number of benzene rings is 1. The number of guanidine groups is 1. The highest BCUT2D eigenvalue weighted by Gasteiger charge is 2.08. The van der Waals surface area contributed by atoms with E-state index in [1.807, 2.05) is 6.07 Å². The lowest BCUT2D eigenvalue weighted by Crippen LogP contribution is -2.38. The van der Waals surface area contributed by atoms with Crippen LogP contribution in [0.5, 0.6) is 5.75 Å². The predicted octanol–water partition coefficient (Wildman–Crippen LogP) is 1.95. The van der Waals surface area contributed by atoms with Gasteiger partial charge in [-0.1, -0.05) is 19.0 Å². The molecule has 2 rings (SSSR count). The van der Waals surface area contributed by atoms with Crippen LogP contribution in [0.15, 0.2) is 44.7 Å². The topological polar surface area (TPSA) is 106 Å².